The molecule has 1 aromatic rings. The molecule has 1 aliphatic rings. The Kier molecular flexibility index (Phi) is 3.94. The van der Waals surface area contributed by atoms with Crippen molar-refractivity contribution in [1.29, 1.82) is 0 Å². The SMILES string of the molecule is NC/C=C/c1ccc(OC2CS(=O)(=O)C2)c(Cl)c1. The van der Waals surface area contributed by atoms with Gasteiger partial charge < -0.3 is 10.5 Å². The van der Waals surface area contributed by atoms with E-state index in [-0.39, 0.29) is 17.6 Å². The average molecular weight is 288 g/mol. The van der Waals surface area contributed by atoms with E-state index >= 15 is 0 Å². The molecule has 1 heterocycles. The van der Waals surface area contributed by atoms with Gasteiger partial charge in [-0.3, -0.25) is 0 Å². The first-order valence-electron chi connectivity index (χ1n) is 5.53. The van der Waals surface area contributed by atoms with Crippen LogP contribution in [0.15, 0.2) is 24.3 Å². The minimum Gasteiger partial charge on any atom is -0.487 e. The highest BCUT2D eigenvalue weighted by molar-refractivity contribution is 7.92. The van der Waals surface area contributed by atoms with Crippen LogP contribution in [0.1, 0.15) is 5.56 Å². The number of rotatable bonds is 4. The molecule has 0 amide bonds. The molecule has 0 atom stereocenters. The molecule has 0 aromatic heterocycles. The second-order valence-corrected chi connectivity index (χ2v) is 6.71. The third kappa shape index (κ3) is 3.25. The van der Waals surface area contributed by atoms with E-state index in [1.54, 1.807) is 12.1 Å². The number of halogens is 1. The summed E-state index contributed by atoms with van der Waals surface area (Å²) in [5.41, 5.74) is 6.29. The molecular weight excluding hydrogens is 274 g/mol. The Balaban J connectivity index is 2.04. The first-order valence-corrected chi connectivity index (χ1v) is 7.73. The van der Waals surface area contributed by atoms with Gasteiger partial charge in [-0.1, -0.05) is 29.8 Å². The number of hydrogen-bond donors (Lipinski definition) is 1. The van der Waals surface area contributed by atoms with Gasteiger partial charge >= 0.3 is 0 Å². The van der Waals surface area contributed by atoms with Gasteiger partial charge in [0, 0.05) is 6.54 Å². The second-order valence-electron chi connectivity index (χ2n) is 4.14. The molecule has 1 aromatic carbocycles. The molecule has 0 aliphatic carbocycles. The molecule has 2 N–H and O–H groups in total. The van der Waals surface area contributed by atoms with E-state index < -0.39 is 9.84 Å². The van der Waals surface area contributed by atoms with Gasteiger partial charge in [0.25, 0.3) is 0 Å². The van der Waals surface area contributed by atoms with Crippen LogP contribution in [-0.2, 0) is 9.84 Å². The first kappa shape index (κ1) is 13.4. The van der Waals surface area contributed by atoms with E-state index in [4.69, 9.17) is 22.1 Å². The van der Waals surface area contributed by atoms with E-state index in [2.05, 4.69) is 0 Å². The third-order valence-electron chi connectivity index (χ3n) is 2.58. The standard InChI is InChI=1S/C12H14ClNO3S/c13-11-6-9(2-1-5-14)3-4-12(11)17-10-7-18(15,16)8-10/h1-4,6,10H,5,7-8,14H2/b2-1+. The maximum absolute atomic E-state index is 11.0. The van der Waals surface area contributed by atoms with Crippen molar-refractivity contribution in [3.8, 4) is 5.75 Å². The van der Waals surface area contributed by atoms with Gasteiger partial charge in [0.05, 0.1) is 16.5 Å². The van der Waals surface area contributed by atoms with Gasteiger partial charge in [-0.2, -0.15) is 0 Å². The molecule has 1 saturated heterocycles. The van der Waals surface area contributed by atoms with Crippen LogP contribution in [0.25, 0.3) is 6.08 Å². The fourth-order valence-corrected chi connectivity index (χ4v) is 3.09. The molecule has 4 nitrogen and oxygen atoms in total. The second kappa shape index (κ2) is 5.30. The lowest BCUT2D eigenvalue weighted by Gasteiger charge is -2.26. The minimum atomic E-state index is -2.88. The maximum atomic E-state index is 11.0. The predicted octanol–water partition coefficient (Wildman–Crippen LogP) is 1.49. The van der Waals surface area contributed by atoms with Gasteiger partial charge in [-0.15, -0.1) is 0 Å². The Morgan fingerprint density at radius 3 is 2.72 bits per heavy atom. The van der Waals surface area contributed by atoms with Gasteiger partial charge in [0.2, 0.25) is 0 Å². The van der Waals surface area contributed by atoms with Crippen LogP contribution in [0, 0.1) is 0 Å². The summed E-state index contributed by atoms with van der Waals surface area (Å²) in [7, 11) is -2.88. The highest BCUT2D eigenvalue weighted by Gasteiger charge is 2.35. The Hall–Kier alpha value is -1.04. The summed E-state index contributed by atoms with van der Waals surface area (Å²) in [6.45, 7) is 0.468. The molecule has 18 heavy (non-hydrogen) atoms. The largest absolute Gasteiger partial charge is 0.487 e. The van der Waals surface area contributed by atoms with Gasteiger partial charge in [0.1, 0.15) is 11.9 Å². The zero-order valence-corrected chi connectivity index (χ0v) is 11.2. The van der Waals surface area contributed by atoms with Crippen LogP contribution in [0.2, 0.25) is 5.02 Å². The minimum absolute atomic E-state index is 0.0676. The van der Waals surface area contributed by atoms with E-state index in [1.807, 2.05) is 18.2 Å². The maximum Gasteiger partial charge on any atom is 0.157 e. The number of benzene rings is 1. The van der Waals surface area contributed by atoms with Crippen LogP contribution in [0.3, 0.4) is 0 Å². The quantitative estimate of drug-likeness (QED) is 0.911. The van der Waals surface area contributed by atoms with Gasteiger partial charge in [0.15, 0.2) is 9.84 Å². The highest BCUT2D eigenvalue weighted by atomic mass is 35.5. The molecule has 0 spiro atoms. The normalized spacial score (nSPS) is 18.8. The molecule has 2 rings (SSSR count). The Labute approximate surface area is 111 Å². The van der Waals surface area contributed by atoms with Crippen molar-refractivity contribution in [2.24, 2.45) is 5.73 Å². The lowest BCUT2D eigenvalue weighted by molar-refractivity contribution is 0.230. The van der Waals surface area contributed by atoms with Crippen LogP contribution < -0.4 is 10.5 Å². The summed E-state index contributed by atoms with van der Waals surface area (Å²) in [5, 5.41) is 0.471. The fraction of sp³-hybridized carbons (Fsp3) is 0.333. The van der Waals surface area contributed by atoms with Gasteiger partial charge in [-0.25, -0.2) is 8.42 Å². The molecule has 1 fully saturated rings. The first-order chi connectivity index (χ1) is 8.50. The van der Waals surface area contributed by atoms with Gasteiger partial charge in [-0.05, 0) is 17.7 Å². The monoisotopic (exact) mass is 287 g/mol. The zero-order chi connectivity index (χ0) is 13.2. The van der Waals surface area contributed by atoms with Crippen LogP contribution >= 0.6 is 11.6 Å². The number of hydrogen-bond acceptors (Lipinski definition) is 4. The summed E-state index contributed by atoms with van der Waals surface area (Å²) in [4.78, 5) is 0. The van der Waals surface area contributed by atoms with E-state index in [0.717, 1.165) is 5.56 Å². The molecule has 0 unspecified atom stereocenters. The summed E-state index contributed by atoms with van der Waals surface area (Å²) >= 11 is 6.06. The summed E-state index contributed by atoms with van der Waals surface area (Å²) in [6.07, 6.45) is 3.41. The Morgan fingerprint density at radius 2 is 2.17 bits per heavy atom. The lowest BCUT2D eigenvalue weighted by atomic mass is 10.2. The summed E-state index contributed by atoms with van der Waals surface area (Å²) in [6, 6.07) is 5.35. The highest BCUT2D eigenvalue weighted by Crippen LogP contribution is 2.29. The van der Waals surface area contributed by atoms with Crippen molar-refractivity contribution in [3.63, 3.8) is 0 Å². The van der Waals surface area contributed by atoms with Crippen molar-refractivity contribution < 1.29 is 13.2 Å². The Bertz CT molecular complexity index is 557. The van der Waals surface area contributed by atoms with Crippen molar-refractivity contribution in [2.45, 2.75) is 6.10 Å². The predicted molar refractivity (Wildman–Crippen MR) is 72.6 cm³/mol. The van der Waals surface area contributed by atoms with Crippen LogP contribution in [0.4, 0.5) is 0 Å². The number of ether oxygens (including phenoxy) is 1. The van der Waals surface area contributed by atoms with Crippen molar-refractivity contribution in [2.75, 3.05) is 18.1 Å². The average Bonchev–Trinajstić information content (AvgIpc) is 2.27. The molecular formula is C12H14ClNO3S. The molecule has 0 saturated carbocycles. The number of nitrogens with two attached hydrogens (primary N) is 1. The van der Waals surface area contributed by atoms with E-state index in [0.29, 0.717) is 17.3 Å². The van der Waals surface area contributed by atoms with E-state index in [9.17, 15) is 8.42 Å². The third-order valence-corrected chi connectivity index (χ3v) is 4.63. The molecule has 1 aliphatic heterocycles. The topological polar surface area (TPSA) is 69.4 Å². The van der Waals surface area contributed by atoms with E-state index in [1.165, 1.54) is 0 Å². The smallest absolute Gasteiger partial charge is 0.157 e. The van der Waals surface area contributed by atoms with Crippen molar-refractivity contribution in [1.82, 2.24) is 0 Å². The fourth-order valence-electron chi connectivity index (χ4n) is 1.69. The molecule has 0 bridgehead atoms. The zero-order valence-electron chi connectivity index (χ0n) is 9.67. The summed E-state index contributed by atoms with van der Waals surface area (Å²) < 4.78 is 27.5. The molecule has 6 heteroatoms. The van der Waals surface area contributed by atoms with Crippen LogP contribution in [-0.4, -0.2) is 32.6 Å². The van der Waals surface area contributed by atoms with Crippen molar-refractivity contribution >= 4 is 27.5 Å². The Morgan fingerprint density at radius 1 is 1.44 bits per heavy atom. The van der Waals surface area contributed by atoms with Crippen molar-refractivity contribution in [3.05, 3.63) is 34.9 Å². The molecule has 0 radical (unpaired) electrons. The molecule has 98 valence electrons. The van der Waals surface area contributed by atoms with Crippen LogP contribution in [0.5, 0.6) is 5.75 Å². The number of sulfone groups is 1. The lowest BCUT2D eigenvalue weighted by Crippen LogP contribution is -2.45. The summed E-state index contributed by atoms with van der Waals surface area (Å²) in [5.74, 6) is 0.650.